The van der Waals surface area contributed by atoms with Gasteiger partial charge >= 0.3 is 0 Å². The second-order valence-corrected chi connectivity index (χ2v) is 6.16. The molecule has 1 saturated heterocycles. The smallest absolute Gasteiger partial charge is 0.266 e. The summed E-state index contributed by atoms with van der Waals surface area (Å²) < 4.78 is 0.928. The number of benzene rings is 1. The minimum atomic E-state index is -0.234. The van der Waals surface area contributed by atoms with Crippen LogP contribution in [-0.4, -0.2) is 55.0 Å². The molecule has 1 aliphatic heterocycles. The van der Waals surface area contributed by atoms with Gasteiger partial charge in [-0.1, -0.05) is 22.0 Å². The van der Waals surface area contributed by atoms with Gasteiger partial charge < -0.3 is 16.0 Å². The van der Waals surface area contributed by atoms with Crippen LogP contribution in [0.3, 0.4) is 0 Å². The largest absolute Gasteiger partial charge is 0.360 e. The number of piperazine rings is 1. The normalized spacial score (nSPS) is 16.0. The minimum absolute atomic E-state index is 0.109. The number of carbonyl (C=O) groups is 1. The van der Waals surface area contributed by atoms with Gasteiger partial charge in [0.15, 0.2) is 0 Å². The predicted molar refractivity (Wildman–Crippen MR) is 93.5 cm³/mol. The van der Waals surface area contributed by atoms with Crippen LogP contribution in [0.25, 0.3) is 0 Å². The number of halogens is 1. The van der Waals surface area contributed by atoms with Crippen LogP contribution in [0.5, 0.6) is 0 Å². The van der Waals surface area contributed by atoms with Crippen LogP contribution in [0.15, 0.2) is 40.5 Å². The Hall–Kier alpha value is -1.88. The van der Waals surface area contributed by atoms with Crippen molar-refractivity contribution in [2.45, 2.75) is 0 Å². The molecule has 0 aliphatic carbocycles. The summed E-state index contributed by atoms with van der Waals surface area (Å²) in [5, 5.41) is 12.3. The molecule has 1 aliphatic rings. The molecule has 1 aromatic rings. The third kappa shape index (κ3) is 5.06. The first-order valence-electron chi connectivity index (χ1n) is 7.48. The van der Waals surface area contributed by atoms with Crippen molar-refractivity contribution >= 4 is 27.5 Å². The first-order valence-corrected chi connectivity index (χ1v) is 8.27. The predicted octanol–water partition coefficient (Wildman–Crippen LogP) is 1.37. The van der Waals surface area contributed by atoms with E-state index in [9.17, 15) is 10.1 Å². The molecule has 1 fully saturated rings. The van der Waals surface area contributed by atoms with E-state index < -0.39 is 0 Å². The zero-order valence-corrected chi connectivity index (χ0v) is 14.4. The summed E-state index contributed by atoms with van der Waals surface area (Å²) in [6, 6.07) is 9.51. The maximum absolute atomic E-state index is 12.4. The van der Waals surface area contributed by atoms with Crippen LogP contribution in [0.1, 0.15) is 0 Å². The second-order valence-electron chi connectivity index (χ2n) is 5.25. The molecule has 0 bridgehead atoms. The minimum Gasteiger partial charge on any atom is -0.360 e. The van der Waals surface area contributed by atoms with Gasteiger partial charge in [-0.25, -0.2) is 0 Å². The molecule has 6 nitrogen and oxygen atoms in total. The van der Waals surface area contributed by atoms with Crippen molar-refractivity contribution in [3.8, 4) is 6.07 Å². The number of nitriles is 1. The highest BCUT2D eigenvalue weighted by Gasteiger charge is 2.23. The molecule has 0 saturated carbocycles. The van der Waals surface area contributed by atoms with Crippen LogP contribution < -0.4 is 11.1 Å². The van der Waals surface area contributed by atoms with Gasteiger partial charge in [-0.2, -0.15) is 5.26 Å². The molecule has 1 aromatic carbocycles. The molecule has 1 heterocycles. The average molecular weight is 378 g/mol. The first-order chi connectivity index (χ1) is 11.1. The number of carbonyl (C=O) groups excluding carboxylic acids is 1. The van der Waals surface area contributed by atoms with E-state index in [1.54, 1.807) is 4.90 Å². The van der Waals surface area contributed by atoms with E-state index in [-0.39, 0.29) is 11.5 Å². The Labute approximate surface area is 144 Å². The lowest BCUT2D eigenvalue weighted by Crippen LogP contribution is -2.50. The number of nitrogens with zero attached hydrogens (tertiary/aromatic N) is 3. The Morgan fingerprint density at radius 3 is 2.74 bits per heavy atom. The van der Waals surface area contributed by atoms with Crippen molar-refractivity contribution in [3.63, 3.8) is 0 Å². The first kappa shape index (κ1) is 17.5. The van der Waals surface area contributed by atoms with Crippen molar-refractivity contribution in [1.82, 2.24) is 9.80 Å². The summed E-state index contributed by atoms with van der Waals surface area (Å²) in [7, 11) is 0. The third-order valence-electron chi connectivity index (χ3n) is 3.66. The van der Waals surface area contributed by atoms with Crippen LogP contribution >= 0.6 is 15.9 Å². The lowest BCUT2D eigenvalue weighted by atomic mass is 10.2. The van der Waals surface area contributed by atoms with Gasteiger partial charge in [-0.3, -0.25) is 9.69 Å². The summed E-state index contributed by atoms with van der Waals surface area (Å²) in [4.78, 5) is 16.4. The molecule has 2 rings (SSSR count). The van der Waals surface area contributed by atoms with Crippen LogP contribution in [0.2, 0.25) is 0 Å². The maximum atomic E-state index is 12.4. The van der Waals surface area contributed by atoms with E-state index in [1.807, 2.05) is 30.3 Å². The van der Waals surface area contributed by atoms with Crippen molar-refractivity contribution in [1.29, 1.82) is 5.26 Å². The zero-order chi connectivity index (χ0) is 16.7. The summed E-state index contributed by atoms with van der Waals surface area (Å²) in [6.45, 7) is 4.28. The number of rotatable bonds is 5. The fourth-order valence-corrected chi connectivity index (χ4v) is 2.80. The highest BCUT2D eigenvalue weighted by Crippen LogP contribution is 2.16. The van der Waals surface area contributed by atoms with Gasteiger partial charge in [-0.05, 0) is 18.2 Å². The van der Waals surface area contributed by atoms with Crippen LogP contribution in [-0.2, 0) is 4.79 Å². The van der Waals surface area contributed by atoms with Crippen molar-refractivity contribution in [2.24, 2.45) is 5.73 Å². The Morgan fingerprint density at radius 1 is 1.39 bits per heavy atom. The van der Waals surface area contributed by atoms with Crippen LogP contribution in [0.4, 0.5) is 5.69 Å². The van der Waals surface area contributed by atoms with Gasteiger partial charge in [0.05, 0.1) is 0 Å². The van der Waals surface area contributed by atoms with Gasteiger partial charge in [-0.15, -0.1) is 0 Å². The SMILES string of the molecule is N#C/C(=C/Nc1cccc(Br)c1)C(=O)N1CCN(CCN)CC1. The molecular formula is C16H20BrN5O. The van der Waals surface area contributed by atoms with Crippen molar-refractivity contribution in [2.75, 3.05) is 44.6 Å². The monoisotopic (exact) mass is 377 g/mol. The van der Waals surface area contributed by atoms with E-state index in [4.69, 9.17) is 5.73 Å². The van der Waals surface area contributed by atoms with Gasteiger partial charge in [0.2, 0.25) is 0 Å². The molecule has 0 unspecified atom stereocenters. The van der Waals surface area contributed by atoms with Crippen molar-refractivity contribution < 1.29 is 4.79 Å². The molecule has 122 valence electrons. The van der Waals surface area contributed by atoms with E-state index in [1.165, 1.54) is 6.20 Å². The second kappa shape index (κ2) is 8.67. The average Bonchev–Trinajstić information content (AvgIpc) is 2.56. The number of nitrogens with two attached hydrogens (primary N) is 1. The fourth-order valence-electron chi connectivity index (χ4n) is 2.40. The molecule has 0 aromatic heterocycles. The summed E-state index contributed by atoms with van der Waals surface area (Å²) in [6.07, 6.45) is 1.47. The Balaban J connectivity index is 1.96. The van der Waals surface area contributed by atoms with Crippen molar-refractivity contribution in [3.05, 3.63) is 40.5 Å². The van der Waals surface area contributed by atoms with Gasteiger partial charge in [0.25, 0.3) is 5.91 Å². The molecule has 0 radical (unpaired) electrons. The standard InChI is InChI=1S/C16H20BrN5O/c17-14-2-1-3-15(10-14)20-12-13(11-19)16(23)22-8-6-21(5-4-18)7-9-22/h1-3,10,12,20H,4-9,18H2/b13-12-. The number of nitrogens with one attached hydrogen (secondary N) is 1. The third-order valence-corrected chi connectivity index (χ3v) is 4.16. The molecular weight excluding hydrogens is 358 g/mol. The summed E-state index contributed by atoms with van der Waals surface area (Å²) in [5.41, 5.74) is 6.46. The van der Waals surface area contributed by atoms with E-state index in [0.29, 0.717) is 19.6 Å². The fraction of sp³-hybridized carbons (Fsp3) is 0.375. The van der Waals surface area contributed by atoms with Gasteiger partial charge in [0, 0.05) is 55.6 Å². The number of hydrogen-bond donors (Lipinski definition) is 2. The maximum Gasteiger partial charge on any atom is 0.266 e. The molecule has 0 atom stereocenters. The molecule has 7 heteroatoms. The van der Waals surface area contributed by atoms with E-state index >= 15 is 0 Å². The number of hydrogen-bond acceptors (Lipinski definition) is 5. The number of amides is 1. The Morgan fingerprint density at radius 2 is 2.13 bits per heavy atom. The number of anilines is 1. The van der Waals surface area contributed by atoms with Crippen LogP contribution in [0, 0.1) is 11.3 Å². The Bertz CT molecular complexity index is 617. The molecule has 1 amide bonds. The topological polar surface area (TPSA) is 85.4 Å². The van der Waals surface area contributed by atoms with E-state index in [2.05, 4.69) is 26.1 Å². The molecule has 23 heavy (non-hydrogen) atoms. The lowest BCUT2D eigenvalue weighted by Gasteiger charge is -2.34. The summed E-state index contributed by atoms with van der Waals surface area (Å²) >= 11 is 3.38. The van der Waals surface area contributed by atoms with Gasteiger partial charge in [0.1, 0.15) is 11.6 Å². The lowest BCUT2D eigenvalue weighted by molar-refractivity contribution is -0.128. The van der Waals surface area contributed by atoms with E-state index in [0.717, 1.165) is 29.8 Å². The highest BCUT2D eigenvalue weighted by molar-refractivity contribution is 9.10. The quantitative estimate of drug-likeness (QED) is 0.597. The molecule has 0 spiro atoms. The highest BCUT2D eigenvalue weighted by atomic mass is 79.9. The zero-order valence-electron chi connectivity index (χ0n) is 12.8. The summed E-state index contributed by atoms with van der Waals surface area (Å²) in [5.74, 6) is -0.234. The molecule has 3 N–H and O–H groups in total. The Kier molecular flexibility index (Phi) is 6.59.